The Morgan fingerprint density at radius 1 is 0.195 bits per heavy atom. The molecular weight excluding hydrogens is 1410 g/mol. The van der Waals surface area contributed by atoms with E-state index in [0.717, 1.165) is 116 Å². The number of nitrogens with zero attached hydrogens (tertiary/aromatic N) is 7. The van der Waals surface area contributed by atoms with Crippen molar-refractivity contribution in [3.05, 3.63) is 382 Å². The van der Waals surface area contributed by atoms with Crippen LogP contribution in [0.3, 0.4) is 0 Å². The van der Waals surface area contributed by atoms with Gasteiger partial charge in [0, 0.05) is 91.8 Å². The predicted molar refractivity (Wildman–Crippen MR) is 478 cm³/mol. The number of aromatic nitrogens is 7. The molecule has 7 aromatic heterocycles. The second-order valence-corrected chi connectivity index (χ2v) is 31.2. The maximum atomic E-state index is 5.41. The molecule has 24 rings (SSSR count). The van der Waals surface area contributed by atoms with E-state index >= 15 is 0 Å². The quantitative estimate of drug-likeness (QED) is 0.135. The molecule has 0 aliphatic rings. The third-order valence-corrected chi connectivity index (χ3v) is 25.0. The van der Waals surface area contributed by atoms with E-state index < -0.39 is 0 Å². The summed E-state index contributed by atoms with van der Waals surface area (Å²) in [6, 6.07) is 137. The summed E-state index contributed by atoms with van der Waals surface area (Å²) in [4.78, 5) is 21.4. The zero-order chi connectivity index (χ0) is 74.2. The predicted octanol–water partition coefficient (Wildman–Crippen LogP) is 28.4. The molecule has 24 aromatic rings. The second kappa shape index (κ2) is 26.1. The molecule has 7 heterocycles. The first kappa shape index (κ1) is 64.5. The van der Waals surface area contributed by atoms with Gasteiger partial charge in [-0.15, -0.1) is 22.7 Å². The molecule has 0 aliphatic heterocycles. The van der Waals surface area contributed by atoms with Gasteiger partial charge < -0.3 is 13.7 Å². The number of hydrogen-bond acceptors (Lipinski definition) is 6. The van der Waals surface area contributed by atoms with Crippen molar-refractivity contribution in [3.63, 3.8) is 0 Å². The van der Waals surface area contributed by atoms with Gasteiger partial charge in [0.2, 0.25) is 0 Å². The largest absolute Gasteiger partial charge is 0.309 e. The number of para-hydroxylation sites is 6. The van der Waals surface area contributed by atoms with Crippen LogP contribution in [0.25, 0.3) is 223 Å². The molecular formula is C104H63N7S2. The number of thiophene rings is 2. The molecule has 0 N–H and O–H groups in total. The molecule has 0 saturated heterocycles. The standard InChI is InChI=1S/C52H32N4S.C52H31N3S/c1-3-16-33(17-4-1)49-51-50(54-52(53-49)34-18-5-2-6-19-34)48-38(24-15-29-47(48)57-51)35-30-36(55-43-25-11-7-20-39(43)40-21-8-12-26-44(40)55)32-37(31-35)56-45-27-13-9-22-41(45)42-23-10-14-28-46(42)56;1-2-14-32(15-3-1)52-53-49(34-28-29-41-39-20-5-4-18-37(39)38-19-6-7-21-40(38)44(41)31-34)51-50(54-52)48-36(24-13-27-47(48)56-51)33-16-12-17-35(30-33)55-45-25-10-8-22-42(45)43-23-9-11-26-46(43)55/h1-32H;1-31H. The van der Waals surface area contributed by atoms with E-state index in [-0.39, 0.29) is 0 Å². The Balaban J connectivity index is 0.000000134. The van der Waals surface area contributed by atoms with Gasteiger partial charge in [0.15, 0.2) is 11.6 Å². The van der Waals surface area contributed by atoms with Crippen LogP contribution in [0, 0.1) is 0 Å². The normalized spacial score (nSPS) is 11.9. The van der Waals surface area contributed by atoms with Gasteiger partial charge in [-0.05, 0) is 140 Å². The Morgan fingerprint density at radius 2 is 0.513 bits per heavy atom. The summed E-state index contributed by atoms with van der Waals surface area (Å²) < 4.78 is 11.8. The van der Waals surface area contributed by atoms with E-state index in [4.69, 9.17) is 19.9 Å². The Morgan fingerprint density at radius 3 is 0.938 bits per heavy atom. The van der Waals surface area contributed by atoms with Crippen molar-refractivity contribution in [2.24, 2.45) is 0 Å². The van der Waals surface area contributed by atoms with Crippen molar-refractivity contribution in [1.29, 1.82) is 0 Å². The maximum Gasteiger partial charge on any atom is 0.160 e. The minimum absolute atomic E-state index is 0.724. The van der Waals surface area contributed by atoms with Gasteiger partial charge in [-0.3, -0.25) is 0 Å². The van der Waals surface area contributed by atoms with E-state index in [2.05, 4.69) is 384 Å². The SMILES string of the molecule is c1ccc(-c2nc(-c3ccc4c5ccccc5c5ccccc5c4c3)c3sc4cccc(-c5cccc(-n6c7ccccc7c7ccccc76)c5)c4c3n2)cc1.c1ccc(-c2nc(-c3ccccc3)c3sc4cccc(-c5cc(-n6c7ccccc7c7ccccc76)cc(-n6c7ccccc7c7ccccc76)c5)c4c3n2)cc1. The monoisotopic (exact) mass is 1470 g/mol. The minimum atomic E-state index is 0.724. The number of rotatable bonds is 9. The van der Waals surface area contributed by atoms with Crippen molar-refractivity contribution in [2.75, 3.05) is 0 Å². The van der Waals surface area contributed by atoms with Gasteiger partial charge >= 0.3 is 0 Å². The molecule has 526 valence electrons. The van der Waals surface area contributed by atoms with Crippen LogP contribution in [0.4, 0.5) is 0 Å². The highest BCUT2D eigenvalue weighted by molar-refractivity contribution is 7.26. The van der Waals surface area contributed by atoms with Crippen LogP contribution >= 0.6 is 22.7 Å². The van der Waals surface area contributed by atoms with Gasteiger partial charge in [-0.2, -0.15) is 0 Å². The summed E-state index contributed by atoms with van der Waals surface area (Å²) in [6.07, 6.45) is 0. The Bertz CT molecular complexity index is 7680. The molecule has 0 fully saturated rings. The van der Waals surface area contributed by atoms with Crippen LogP contribution in [0.15, 0.2) is 382 Å². The lowest BCUT2D eigenvalue weighted by atomic mass is 9.92. The van der Waals surface area contributed by atoms with Crippen molar-refractivity contribution in [1.82, 2.24) is 33.6 Å². The highest BCUT2D eigenvalue weighted by atomic mass is 32.1. The molecule has 0 saturated carbocycles. The zero-order valence-corrected chi connectivity index (χ0v) is 62.5. The van der Waals surface area contributed by atoms with E-state index in [0.29, 0.717) is 0 Å². The highest BCUT2D eigenvalue weighted by Gasteiger charge is 2.25. The highest BCUT2D eigenvalue weighted by Crippen LogP contribution is 2.49. The van der Waals surface area contributed by atoms with Gasteiger partial charge in [-0.25, -0.2) is 19.9 Å². The van der Waals surface area contributed by atoms with E-state index in [1.54, 1.807) is 22.7 Å². The van der Waals surface area contributed by atoms with Crippen molar-refractivity contribution in [3.8, 4) is 84.6 Å². The molecule has 0 spiro atoms. The summed E-state index contributed by atoms with van der Waals surface area (Å²) in [6.45, 7) is 0. The minimum Gasteiger partial charge on any atom is -0.309 e. The Labute approximate surface area is 656 Å². The molecule has 9 heteroatoms. The van der Waals surface area contributed by atoms with Crippen molar-refractivity contribution in [2.45, 2.75) is 0 Å². The number of fused-ring (bicyclic) bond motifs is 21. The van der Waals surface area contributed by atoms with E-state index in [1.165, 1.54) is 107 Å². The Hall–Kier alpha value is -14.5. The van der Waals surface area contributed by atoms with Gasteiger partial charge in [0.05, 0.1) is 64.9 Å². The fourth-order valence-corrected chi connectivity index (χ4v) is 20.1. The lowest BCUT2D eigenvalue weighted by molar-refractivity contribution is 1.13. The van der Waals surface area contributed by atoms with E-state index in [1.807, 2.05) is 12.1 Å². The summed E-state index contributed by atoms with van der Waals surface area (Å²) in [5.41, 5.74) is 23.0. The first-order valence-electron chi connectivity index (χ1n) is 38.2. The molecule has 0 amide bonds. The van der Waals surface area contributed by atoms with Gasteiger partial charge in [0.25, 0.3) is 0 Å². The third kappa shape index (κ3) is 10.4. The third-order valence-electron chi connectivity index (χ3n) is 22.7. The summed E-state index contributed by atoms with van der Waals surface area (Å²) in [5.74, 6) is 1.45. The average molecular weight is 1470 g/mol. The topological polar surface area (TPSA) is 66.3 Å². The summed E-state index contributed by atoms with van der Waals surface area (Å²) in [5, 5.41) is 17.3. The van der Waals surface area contributed by atoms with Crippen LogP contribution in [0.5, 0.6) is 0 Å². The Kier molecular flexibility index (Phi) is 14.9. The summed E-state index contributed by atoms with van der Waals surface area (Å²) >= 11 is 3.55. The molecule has 0 radical (unpaired) electrons. The lowest BCUT2D eigenvalue weighted by Gasteiger charge is -2.16. The molecule has 17 aromatic carbocycles. The van der Waals surface area contributed by atoms with Crippen LogP contribution in [0.1, 0.15) is 0 Å². The first-order chi connectivity index (χ1) is 56.1. The number of hydrogen-bond donors (Lipinski definition) is 0. The second-order valence-electron chi connectivity index (χ2n) is 29.1. The average Bonchev–Trinajstić information content (AvgIpc) is 1.73. The fraction of sp³-hybridized carbons (Fsp3) is 0. The number of benzene rings is 17. The van der Waals surface area contributed by atoms with Gasteiger partial charge in [0.1, 0.15) is 0 Å². The molecule has 0 unspecified atom stereocenters. The zero-order valence-electron chi connectivity index (χ0n) is 60.8. The van der Waals surface area contributed by atoms with Crippen LogP contribution < -0.4 is 0 Å². The maximum absolute atomic E-state index is 5.41. The smallest absolute Gasteiger partial charge is 0.160 e. The molecule has 7 nitrogen and oxygen atoms in total. The molecule has 113 heavy (non-hydrogen) atoms. The summed E-state index contributed by atoms with van der Waals surface area (Å²) in [7, 11) is 0. The molecule has 0 bridgehead atoms. The lowest BCUT2D eigenvalue weighted by Crippen LogP contribution is -2.00. The molecule has 0 aliphatic carbocycles. The van der Waals surface area contributed by atoms with E-state index in [9.17, 15) is 0 Å². The van der Waals surface area contributed by atoms with Crippen LogP contribution in [-0.2, 0) is 0 Å². The first-order valence-corrected chi connectivity index (χ1v) is 39.9. The molecule has 0 atom stereocenters. The fourth-order valence-electron chi connectivity index (χ4n) is 17.8. The van der Waals surface area contributed by atoms with Crippen molar-refractivity contribution >= 4 is 161 Å². The van der Waals surface area contributed by atoms with Crippen LogP contribution in [0.2, 0.25) is 0 Å². The van der Waals surface area contributed by atoms with Gasteiger partial charge in [-0.1, -0.05) is 297 Å². The van der Waals surface area contributed by atoms with Crippen LogP contribution in [-0.4, -0.2) is 33.6 Å². The van der Waals surface area contributed by atoms with Crippen molar-refractivity contribution < 1.29 is 0 Å².